The van der Waals surface area contributed by atoms with E-state index in [2.05, 4.69) is 5.10 Å². The van der Waals surface area contributed by atoms with E-state index in [-0.39, 0.29) is 34.3 Å². The van der Waals surface area contributed by atoms with E-state index in [1.807, 2.05) is 13.8 Å². The lowest BCUT2D eigenvalue weighted by Gasteiger charge is -2.32. The number of rotatable bonds is 5. The third-order valence-corrected chi connectivity index (χ3v) is 4.02. The SMILES string of the molecule is CC(C)CCC1=NN(C(=O)c2ccc([N+](=O)[O-])cc2)[C@](O)(C(F)(F)F)C1. The Morgan fingerprint density at radius 2 is 1.96 bits per heavy atom. The van der Waals surface area contributed by atoms with Gasteiger partial charge in [0.05, 0.1) is 4.92 Å². The Bertz CT molecular complexity index is 731. The van der Waals surface area contributed by atoms with Gasteiger partial charge in [-0.15, -0.1) is 0 Å². The predicted octanol–water partition coefficient (Wildman–Crippen LogP) is 3.48. The van der Waals surface area contributed by atoms with E-state index in [0.29, 0.717) is 6.42 Å². The first kappa shape index (κ1) is 19.8. The maximum absolute atomic E-state index is 13.4. The normalized spacial score (nSPS) is 20.4. The average Bonchev–Trinajstić information content (AvgIpc) is 2.90. The van der Waals surface area contributed by atoms with Gasteiger partial charge in [-0.25, -0.2) is 0 Å². The molecule has 26 heavy (non-hydrogen) atoms. The Morgan fingerprint density at radius 3 is 2.42 bits per heavy atom. The summed E-state index contributed by atoms with van der Waals surface area (Å²) in [5, 5.41) is 24.5. The van der Waals surface area contributed by atoms with Gasteiger partial charge in [-0.05, 0) is 30.9 Å². The number of halogens is 3. The fourth-order valence-corrected chi connectivity index (χ4v) is 2.49. The molecule has 1 aromatic rings. The number of hydrazone groups is 1. The highest BCUT2D eigenvalue weighted by atomic mass is 19.4. The van der Waals surface area contributed by atoms with Gasteiger partial charge >= 0.3 is 6.18 Å². The maximum Gasteiger partial charge on any atom is 0.438 e. The van der Waals surface area contributed by atoms with E-state index in [1.54, 1.807) is 0 Å². The molecule has 142 valence electrons. The lowest BCUT2D eigenvalue weighted by Crippen LogP contribution is -2.56. The zero-order chi connectivity index (χ0) is 19.7. The summed E-state index contributed by atoms with van der Waals surface area (Å²) < 4.78 is 40.2. The quantitative estimate of drug-likeness (QED) is 0.631. The zero-order valence-corrected chi connectivity index (χ0v) is 14.2. The van der Waals surface area contributed by atoms with Crippen LogP contribution < -0.4 is 0 Å². The first-order valence-electron chi connectivity index (χ1n) is 7.90. The fourth-order valence-electron chi connectivity index (χ4n) is 2.49. The fraction of sp³-hybridized carbons (Fsp3) is 0.500. The monoisotopic (exact) mass is 373 g/mol. The molecule has 10 heteroatoms. The van der Waals surface area contributed by atoms with Gasteiger partial charge < -0.3 is 5.11 Å². The summed E-state index contributed by atoms with van der Waals surface area (Å²) in [5.74, 6) is -0.963. The molecule has 0 fully saturated rings. The predicted molar refractivity (Wildman–Crippen MR) is 86.4 cm³/mol. The van der Waals surface area contributed by atoms with Crippen molar-refractivity contribution in [3.05, 3.63) is 39.9 Å². The van der Waals surface area contributed by atoms with Crippen molar-refractivity contribution in [2.24, 2.45) is 11.0 Å². The molecule has 1 atom stereocenters. The highest BCUT2D eigenvalue weighted by Crippen LogP contribution is 2.41. The van der Waals surface area contributed by atoms with Gasteiger partial charge in [0.2, 0.25) is 0 Å². The first-order valence-corrected chi connectivity index (χ1v) is 7.90. The van der Waals surface area contributed by atoms with Crippen LogP contribution in [0.1, 0.15) is 43.5 Å². The second-order valence-electron chi connectivity index (χ2n) is 6.51. The van der Waals surface area contributed by atoms with E-state index in [4.69, 9.17) is 0 Å². The lowest BCUT2D eigenvalue weighted by molar-refractivity contribution is -0.384. The molecule has 0 saturated heterocycles. The van der Waals surface area contributed by atoms with Crippen molar-refractivity contribution in [2.75, 3.05) is 0 Å². The third kappa shape index (κ3) is 3.85. The van der Waals surface area contributed by atoms with Crippen LogP contribution in [0.25, 0.3) is 0 Å². The van der Waals surface area contributed by atoms with Crippen molar-refractivity contribution in [1.29, 1.82) is 0 Å². The molecule has 2 rings (SSSR count). The van der Waals surface area contributed by atoms with Crippen LogP contribution >= 0.6 is 0 Å². The smallest absolute Gasteiger partial charge is 0.362 e. The number of non-ortho nitro benzene ring substituents is 1. The van der Waals surface area contributed by atoms with Crippen molar-refractivity contribution in [3.63, 3.8) is 0 Å². The number of benzene rings is 1. The molecule has 0 spiro atoms. The summed E-state index contributed by atoms with van der Waals surface area (Å²) in [6, 6.07) is 4.05. The first-order chi connectivity index (χ1) is 12.0. The Balaban J connectivity index is 2.34. The van der Waals surface area contributed by atoms with Gasteiger partial charge in [0.1, 0.15) is 0 Å². The van der Waals surface area contributed by atoms with Crippen LogP contribution in [0.2, 0.25) is 0 Å². The van der Waals surface area contributed by atoms with Gasteiger partial charge in [-0.2, -0.15) is 23.3 Å². The number of carbonyl (C=O) groups excluding carboxylic acids is 1. The number of nitro groups is 1. The van der Waals surface area contributed by atoms with Crippen LogP contribution in [0, 0.1) is 16.0 Å². The largest absolute Gasteiger partial charge is 0.438 e. The van der Waals surface area contributed by atoms with Crippen molar-refractivity contribution in [1.82, 2.24) is 5.01 Å². The molecule has 1 aliphatic rings. The summed E-state index contributed by atoms with van der Waals surface area (Å²) in [6.45, 7) is 3.79. The maximum atomic E-state index is 13.4. The van der Waals surface area contributed by atoms with E-state index < -0.39 is 29.2 Å². The van der Waals surface area contributed by atoms with Gasteiger partial charge in [0, 0.05) is 29.8 Å². The van der Waals surface area contributed by atoms with E-state index in [9.17, 15) is 33.2 Å². The van der Waals surface area contributed by atoms with Gasteiger partial charge in [0.15, 0.2) is 0 Å². The third-order valence-electron chi connectivity index (χ3n) is 4.02. The van der Waals surface area contributed by atoms with E-state index >= 15 is 0 Å². The molecule has 1 amide bonds. The second-order valence-corrected chi connectivity index (χ2v) is 6.51. The van der Waals surface area contributed by atoms with Crippen LogP contribution in [0.4, 0.5) is 18.9 Å². The minimum Gasteiger partial charge on any atom is -0.362 e. The number of carbonyl (C=O) groups is 1. The summed E-state index contributed by atoms with van der Waals surface area (Å²) in [4.78, 5) is 22.4. The molecule has 1 aliphatic heterocycles. The summed E-state index contributed by atoms with van der Waals surface area (Å²) in [6.07, 6.45) is -5.14. The average molecular weight is 373 g/mol. The molecule has 1 heterocycles. The Labute approximate surface area is 147 Å². The molecular formula is C16H18F3N3O4. The highest BCUT2D eigenvalue weighted by Gasteiger charge is 2.63. The number of hydrogen-bond acceptors (Lipinski definition) is 5. The topological polar surface area (TPSA) is 96.0 Å². The minimum atomic E-state index is -5.10. The Kier molecular flexibility index (Phi) is 5.36. The second kappa shape index (κ2) is 7.02. The number of nitrogens with zero attached hydrogens (tertiary/aromatic N) is 3. The summed E-state index contributed by atoms with van der Waals surface area (Å²) in [5.41, 5.74) is -3.91. The molecular weight excluding hydrogens is 355 g/mol. The van der Waals surface area contributed by atoms with E-state index in [1.165, 1.54) is 0 Å². The molecule has 0 aromatic heterocycles. The zero-order valence-electron chi connectivity index (χ0n) is 14.2. The number of hydrogen-bond donors (Lipinski definition) is 1. The van der Waals surface area contributed by atoms with Crippen LogP contribution in [-0.4, -0.2) is 38.6 Å². The number of nitro benzene ring substituents is 1. The molecule has 0 radical (unpaired) electrons. The number of amides is 1. The van der Waals surface area contributed by atoms with Crippen molar-refractivity contribution >= 4 is 17.3 Å². The van der Waals surface area contributed by atoms with Crippen LogP contribution in [-0.2, 0) is 0 Å². The summed E-state index contributed by atoms with van der Waals surface area (Å²) in [7, 11) is 0. The van der Waals surface area contributed by atoms with Crippen LogP contribution in [0.5, 0.6) is 0 Å². The molecule has 1 aromatic carbocycles. The highest BCUT2D eigenvalue weighted by molar-refractivity contribution is 5.98. The molecule has 0 unspecified atom stereocenters. The molecule has 7 nitrogen and oxygen atoms in total. The van der Waals surface area contributed by atoms with Gasteiger partial charge in [0.25, 0.3) is 17.3 Å². The van der Waals surface area contributed by atoms with Crippen LogP contribution in [0.3, 0.4) is 0 Å². The van der Waals surface area contributed by atoms with Crippen LogP contribution in [0.15, 0.2) is 29.4 Å². The Hall–Kier alpha value is -2.49. The number of alkyl halides is 3. The molecule has 0 saturated carbocycles. The molecule has 0 aliphatic carbocycles. The van der Waals surface area contributed by atoms with Crippen molar-refractivity contribution < 1.29 is 28.0 Å². The van der Waals surface area contributed by atoms with E-state index in [0.717, 1.165) is 24.3 Å². The Morgan fingerprint density at radius 1 is 1.38 bits per heavy atom. The van der Waals surface area contributed by atoms with Gasteiger partial charge in [-0.3, -0.25) is 14.9 Å². The molecule has 1 N–H and O–H groups in total. The molecule has 0 bridgehead atoms. The van der Waals surface area contributed by atoms with Gasteiger partial charge in [-0.1, -0.05) is 13.8 Å². The number of aliphatic hydroxyl groups is 1. The summed E-state index contributed by atoms with van der Waals surface area (Å²) >= 11 is 0. The standard InChI is InChI=1S/C16H18F3N3O4/c1-10(2)3-6-12-9-15(24,16(17,18)19)21(20-12)14(23)11-4-7-13(8-5-11)22(25)26/h4-5,7-8,10,24H,3,6,9H2,1-2H3/t15-/m1/s1. The lowest BCUT2D eigenvalue weighted by atomic mass is 9.99. The minimum absolute atomic E-state index is 0.0316. The van der Waals surface area contributed by atoms with Crippen molar-refractivity contribution in [2.45, 2.75) is 45.0 Å². The van der Waals surface area contributed by atoms with Crippen molar-refractivity contribution in [3.8, 4) is 0 Å².